The van der Waals surface area contributed by atoms with E-state index in [1.54, 1.807) is 13.8 Å². The summed E-state index contributed by atoms with van der Waals surface area (Å²) in [7, 11) is 0. The number of phenolic OH excluding ortho intramolecular Hbond substituents is 4. The lowest BCUT2D eigenvalue weighted by atomic mass is 9.92. The Kier molecular flexibility index (Phi) is 8.43. The number of phenols is 4. The average molecular weight is 609 g/mol. The predicted octanol–water partition coefficient (Wildman–Crippen LogP) is -0.412. The van der Waals surface area contributed by atoms with Crippen LogP contribution < -0.4 is 10.2 Å². The lowest BCUT2D eigenvalue weighted by Gasteiger charge is -2.42. The monoisotopic (exact) mass is 608 g/mol. The van der Waals surface area contributed by atoms with Gasteiger partial charge < -0.3 is 69.3 Å². The molecule has 10 unspecified atom stereocenters. The topological polar surface area (TPSA) is 249 Å². The molecule has 2 aliphatic heterocycles. The van der Waals surface area contributed by atoms with Crippen molar-refractivity contribution in [3.8, 4) is 40.1 Å². The second-order valence-corrected chi connectivity index (χ2v) is 10.6. The van der Waals surface area contributed by atoms with E-state index < -0.39 is 107 Å². The molecule has 2 aromatic carbocycles. The number of hydrogen-bond acceptors (Lipinski definition) is 15. The van der Waals surface area contributed by atoms with Gasteiger partial charge in [-0.25, -0.2) is 0 Å². The number of ether oxygens (including phenoxy) is 4. The van der Waals surface area contributed by atoms with E-state index in [1.807, 2.05) is 0 Å². The van der Waals surface area contributed by atoms with E-state index in [-0.39, 0.29) is 16.9 Å². The molecule has 15 heteroatoms. The summed E-state index contributed by atoms with van der Waals surface area (Å²) in [6.07, 6.45) is -13.2. The fourth-order valence-corrected chi connectivity index (χ4v) is 4.99. The van der Waals surface area contributed by atoms with Crippen LogP contribution >= 0.6 is 0 Å². The van der Waals surface area contributed by atoms with Gasteiger partial charge in [0, 0.05) is 23.6 Å². The Morgan fingerprint density at radius 2 is 1.47 bits per heavy atom. The number of benzene rings is 2. The Labute approximate surface area is 242 Å². The van der Waals surface area contributed by atoms with Crippen LogP contribution in [0, 0.1) is 5.92 Å². The van der Waals surface area contributed by atoms with Crippen LogP contribution in [0.4, 0.5) is 0 Å². The van der Waals surface area contributed by atoms with Crippen molar-refractivity contribution >= 4 is 11.0 Å². The first-order valence-electron chi connectivity index (χ1n) is 13.3. The third-order valence-electron chi connectivity index (χ3n) is 7.74. The molecule has 5 rings (SSSR count). The Bertz CT molecular complexity index is 1540. The van der Waals surface area contributed by atoms with E-state index in [0.29, 0.717) is 0 Å². The molecule has 9 N–H and O–H groups in total. The molecule has 0 radical (unpaired) electrons. The van der Waals surface area contributed by atoms with E-state index in [4.69, 9.17) is 23.4 Å². The van der Waals surface area contributed by atoms with Crippen LogP contribution in [0.5, 0.6) is 28.7 Å². The zero-order chi connectivity index (χ0) is 31.3. The summed E-state index contributed by atoms with van der Waals surface area (Å²) in [6, 6.07) is 5.32. The molecule has 43 heavy (non-hydrogen) atoms. The molecule has 2 saturated heterocycles. The zero-order valence-electron chi connectivity index (χ0n) is 22.8. The first-order chi connectivity index (χ1) is 20.3. The minimum Gasteiger partial charge on any atom is -0.508 e. The Morgan fingerprint density at radius 1 is 0.767 bits per heavy atom. The number of fused-ring (bicyclic) bond motifs is 1. The molecular weight excluding hydrogens is 576 g/mol. The van der Waals surface area contributed by atoms with Gasteiger partial charge in [-0.3, -0.25) is 4.79 Å². The smallest absolute Gasteiger partial charge is 0.239 e. The molecule has 1 aromatic heterocycles. The number of rotatable bonds is 6. The third-order valence-corrected chi connectivity index (χ3v) is 7.74. The highest BCUT2D eigenvalue weighted by molar-refractivity contribution is 5.88. The van der Waals surface area contributed by atoms with Gasteiger partial charge in [0.05, 0.1) is 18.8 Å². The number of aromatic hydroxyl groups is 4. The summed E-state index contributed by atoms with van der Waals surface area (Å²) in [5, 5.41) is 92.1. The van der Waals surface area contributed by atoms with Crippen molar-refractivity contribution in [1.29, 1.82) is 0 Å². The lowest BCUT2D eigenvalue weighted by molar-refractivity contribution is -0.313. The van der Waals surface area contributed by atoms with Gasteiger partial charge in [0.1, 0.15) is 53.0 Å². The maximum atomic E-state index is 13.6. The average Bonchev–Trinajstić information content (AvgIpc) is 2.96. The van der Waals surface area contributed by atoms with Crippen molar-refractivity contribution in [3.05, 3.63) is 40.6 Å². The van der Waals surface area contributed by atoms with Crippen LogP contribution in [0.25, 0.3) is 22.3 Å². The number of aliphatic hydroxyl groups is 5. The quantitative estimate of drug-likeness (QED) is 0.161. The van der Waals surface area contributed by atoms with Gasteiger partial charge in [0.15, 0.2) is 23.5 Å². The number of hydrogen-bond donors (Lipinski definition) is 9. The molecular formula is C28H32O15. The van der Waals surface area contributed by atoms with Gasteiger partial charge in [-0.1, -0.05) is 6.92 Å². The maximum absolute atomic E-state index is 13.6. The van der Waals surface area contributed by atoms with Crippen molar-refractivity contribution in [1.82, 2.24) is 0 Å². The molecule has 15 nitrogen and oxygen atoms in total. The largest absolute Gasteiger partial charge is 0.508 e. The third kappa shape index (κ3) is 5.69. The van der Waals surface area contributed by atoms with Gasteiger partial charge in [-0.05, 0) is 25.1 Å². The van der Waals surface area contributed by atoms with E-state index in [2.05, 4.69) is 0 Å². The van der Waals surface area contributed by atoms with Gasteiger partial charge in [0.25, 0.3) is 0 Å². The van der Waals surface area contributed by atoms with Crippen LogP contribution in [0.15, 0.2) is 39.5 Å². The zero-order valence-corrected chi connectivity index (χ0v) is 22.8. The summed E-state index contributed by atoms with van der Waals surface area (Å²) >= 11 is 0. The van der Waals surface area contributed by atoms with Crippen molar-refractivity contribution in [3.63, 3.8) is 0 Å². The second kappa shape index (κ2) is 11.8. The van der Waals surface area contributed by atoms with Crippen molar-refractivity contribution in [2.75, 3.05) is 6.61 Å². The van der Waals surface area contributed by atoms with E-state index in [0.717, 1.165) is 24.3 Å². The second-order valence-electron chi connectivity index (χ2n) is 10.6. The van der Waals surface area contributed by atoms with Crippen LogP contribution in [-0.4, -0.2) is 108 Å². The molecule has 0 amide bonds. The van der Waals surface area contributed by atoms with Gasteiger partial charge >= 0.3 is 0 Å². The van der Waals surface area contributed by atoms with Crippen LogP contribution in [0.2, 0.25) is 0 Å². The minimum atomic E-state index is -1.94. The SMILES string of the molecule is CC1OC(OCC2OC(Oc3c(-c4ccc(O)c(O)c4)oc4cc(O)cc(O)c4c3=O)C(O)C(O)C2O)C(O)C(O)C1C. The van der Waals surface area contributed by atoms with Crippen molar-refractivity contribution in [2.45, 2.75) is 69.2 Å². The van der Waals surface area contributed by atoms with Gasteiger partial charge in [-0.2, -0.15) is 0 Å². The standard InChI is InChI=1S/C28H32O15/c1-9-10(2)40-27(23(37)19(9)33)39-8-17-20(34)22(36)24(38)28(42-17)43-26-21(35)18-15(32)6-12(29)7-16(18)41-25(26)11-3-4-13(30)14(31)5-11/h3-7,9-10,17,19-20,22-24,27-34,36-38H,8H2,1-2H3. The van der Waals surface area contributed by atoms with E-state index in [1.165, 1.54) is 6.07 Å². The molecule has 234 valence electrons. The van der Waals surface area contributed by atoms with Crippen LogP contribution in [0.3, 0.4) is 0 Å². The Hall–Kier alpha value is -3.67. The minimum absolute atomic E-state index is 0.0109. The van der Waals surface area contributed by atoms with E-state index >= 15 is 0 Å². The molecule has 2 fully saturated rings. The molecule has 2 aliphatic rings. The summed E-state index contributed by atoms with van der Waals surface area (Å²) in [5.74, 6) is -3.62. The van der Waals surface area contributed by atoms with Gasteiger partial charge in [0.2, 0.25) is 17.5 Å². The Morgan fingerprint density at radius 3 is 2.16 bits per heavy atom. The van der Waals surface area contributed by atoms with Gasteiger partial charge in [-0.15, -0.1) is 0 Å². The molecule has 3 heterocycles. The first kappa shape index (κ1) is 30.8. The fourth-order valence-electron chi connectivity index (χ4n) is 4.99. The summed E-state index contributed by atoms with van der Waals surface area (Å²) in [4.78, 5) is 13.6. The maximum Gasteiger partial charge on any atom is 0.239 e. The van der Waals surface area contributed by atoms with Crippen molar-refractivity contribution in [2.24, 2.45) is 5.92 Å². The molecule has 0 bridgehead atoms. The van der Waals surface area contributed by atoms with Crippen molar-refractivity contribution < 1.29 is 69.3 Å². The predicted molar refractivity (Wildman–Crippen MR) is 143 cm³/mol. The fraction of sp³-hybridized carbons (Fsp3) is 0.464. The first-order valence-corrected chi connectivity index (χ1v) is 13.3. The number of aliphatic hydroxyl groups excluding tert-OH is 5. The highest BCUT2D eigenvalue weighted by Crippen LogP contribution is 2.39. The lowest BCUT2D eigenvalue weighted by Crippen LogP contribution is -2.61. The summed E-state index contributed by atoms with van der Waals surface area (Å²) < 4.78 is 28.3. The normalized spacial score (nSPS) is 33.0. The summed E-state index contributed by atoms with van der Waals surface area (Å²) in [5.41, 5.74) is -1.29. The van der Waals surface area contributed by atoms with Crippen LogP contribution in [-0.2, 0) is 14.2 Å². The highest BCUT2D eigenvalue weighted by Gasteiger charge is 2.47. The molecule has 0 aliphatic carbocycles. The molecule has 0 saturated carbocycles. The molecule has 10 atom stereocenters. The summed E-state index contributed by atoms with van der Waals surface area (Å²) in [6.45, 7) is 2.83. The molecule has 0 spiro atoms. The van der Waals surface area contributed by atoms with E-state index in [9.17, 15) is 50.8 Å². The highest BCUT2D eigenvalue weighted by atomic mass is 16.7. The van der Waals surface area contributed by atoms with Crippen LogP contribution in [0.1, 0.15) is 13.8 Å². The Balaban J connectivity index is 1.48. The molecule has 3 aromatic rings.